The number of carboxylic acid groups (broad SMARTS) is 1. The van der Waals surface area contributed by atoms with Gasteiger partial charge in [0.25, 0.3) is 0 Å². The summed E-state index contributed by atoms with van der Waals surface area (Å²) in [5.74, 6) is 0.00972. The summed E-state index contributed by atoms with van der Waals surface area (Å²) in [6.07, 6.45) is 5.85. The molecule has 1 rings (SSSR count). The van der Waals surface area contributed by atoms with E-state index in [-0.39, 0.29) is 11.8 Å². The van der Waals surface area contributed by atoms with E-state index in [1.807, 2.05) is 0 Å². The molecule has 1 aliphatic rings. The maximum Gasteiger partial charge on any atom is 0.303 e. The standard InChI is InChI=1S/C11H21NO2/c1-2-3-9-4-5-11(6-9,8-12)7-10(13)14/h9H,2-8,12H2,1H3,(H,13,14)/t9-,11-/m1/s1. The SMILES string of the molecule is CCC[C@@H]1CC[C@](CN)(CC(=O)O)C1. The Balaban J connectivity index is 2.52. The average Bonchev–Trinajstić information content (AvgIpc) is 2.49. The molecule has 0 amide bonds. The van der Waals surface area contributed by atoms with Crippen LogP contribution in [0.3, 0.4) is 0 Å². The third kappa shape index (κ3) is 2.71. The van der Waals surface area contributed by atoms with Crippen LogP contribution < -0.4 is 5.73 Å². The second kappa shape index (κ2) is 4.78. The van der Waals surface area contributed by atoms with Crippen LogP contribution in [0.15, 0.2) is 0 Å². The Morgan fingerprint density at radius 2 is 2.36 bits per heavy atom. The van der Waals surface area contributed by atoms with Crippen LogP contribution in [0.4, 0.5) is 0 Å². The van der Waals surface area contributed by atoms with Gasteiger partial charge < -0.3 is 10.8 Å². The van der Waals surface area contributed by atoms with Crippen LogP contribution in [-0.2, 0) is 4.79 Å². The molecule has 0 aliphatic heterocycles. The van der Waals surface area contributed by atoms with Gasteiger partial charge in [0.05, 0.1) is 6.42 Å². The van der Waals surface area contributed by atoms with E-state index in [1.165, 1.54) is 19.3 Å². The highest BCUT2D eigenvalue weighted by Gasteiger charge is 2.39. The van der Waals surface area contributed by atoms with Crippen molar-refractivity contribution in [3.63, 3.8) is 0 Å². The van der Waals surface area contributed by atoms with Crippen molar-refractivity contribution in [3.8, 4) is 0 Å². The molecule has 0 saturated heterocycles. The molecule has 3 heteroatoms. The molecule has 0 aromatic carbocycles. The quantitative estimate of drug-likeness (QED) is 0.712. The Bertz CT molecular complexity index is 205. The van der Waals surface area contributed by atoms with Gasteiger partial charge in [-0.25, -0.2) is 0 Å². The van der Waals surface area contributed by atoms with Gasteiger partial charge in [-0.2, -0.15) is 0 Å². The fraction of sp³-hybridized carbons (Fsp3) is 0.909. The van der Waals surface area contributed by atoms with Crippen LogP contribution in [0.1, 0.15) is 45.4 Å². The molecule has 1 saturated carbocycles. The van der Waals surface area contributed by atoms with Crippen LogP contribution in [0.2, 0.25) is 0 Å². The third-order valence-electron chi connectivity index (χ3n) is 3.46. The lowest BCUT2D eigenvalue weighted by Crippen LogP contribution is -2.30. The topological polar surface area (TPSA) is 63.3 Å². The van der Waals surface area contributed by atoms with Crippen molar-refractivity contribution in [3.05, 3.63) is 0 Å². The first kappa shape index (κ1) is 11.5. The van der Waals surface area contributed by atoms with Crippen LogP contribution in [0.25, 0.3) is 0 Å². The van der Waals surface area contributed by atoms with Crippen LogP contribution in [0, 0.1) is 11.3 Å². The lowest BCUT2D eigenvalue weighted by molar-refractivity contribution is -0.139. The molecule has 0 aromatic rings. The zero-order valence-electron chi connectivity index (χ0n) is 8.96. The molecule has 0 bridgehead atoms. The summed E-state index contributed by atoms with van der Waals surface area (Å²) in [7, 11) is 0. The van der Waals surface area contributed by atoms with Crippen molar-refractivity contribution in [2.75, 3.05) is 6.54 Å². The fourth-order valence-electron chi connectivity index (χ4n) is 2.72. The predicted octanol–water partition coefficient (Wildman–Crippen LogP) is 2.01. The average molecular weight is 199 g/mol. The first-order valence-corrected chi connectivity index (χ1v) is 5.54. The minimum absolute atomic E-state index is 0.0916. The maximum absolute atomic E-state index is 10.7. The molecule has 2 atom stereocenters. The molecular weight excluding hydrogens is 178 g/mol. The van der Waals surface area contributed by atoms with E-state index in [0.717, 1.165) is 12.8 Å². The first-order valence-electron chi connectivity index (χ1n) is 5.54. The number of nitrogens with two attached hydrogens (primary N) is 1. The van der Waals surface area contributed by atoms with Crippen LogP contribution in [-0.4, -0.2) is 17.6 Å². The third-order valence-corrected chi connectivity index (χ3v) is 3.46. The number of carbonyl (C=O) groups is 1. The maximum atomic E-state index is 10.7. The zero-order chi connectivity index (χ0) is 10.6. The predicted molar refractivity (Wildman–Crippen MR) is 56.0 cm³/mol. The van der Waals surface area contributed by atoms with E-state index in [9.17, 15) is 4.79 Å². The molecule has 14 heavy (non-hydrogen) atoms. The Labute approximate surface area is 85.7 Å². The Morgan fingerprint density at radius 1 is 1.64 bits per heavy atom. The second-order valence-corrected chi connectivity index (χ2v) is 4.67. The van der Waals surface area contributed by atoms with Gasteiger partial charge >= 0.3 is 5.97 Å². The molecule has 82 valence electrons. The highest BCUT2D eigenvalue weighted by atomic mass is 16.4. The van der Waals surface area contributed by atoms with Crippen molar-refractivity contribution < 1.29 is 9.90 Å². The lowest BCUT2D eigenvalue weighted by atomic mass is 9.81. The molecule has 1 fully saturated rings. The van der Waals surface area contributed by atoms with Gasteiger partial charge in [-0.05, 0) is 37.1 Å². The summed E-state index contributed by atoms with van der Waals surface area (Å²) in [6, 6.07) is 0. The summed E-state index contributed by atoms with van der Waals surface area (Å²) in [5, 5.41) is 8.83. The molecule has 3 N–H and O–H groups in total. The van der Waals surface area contributed by atoms with Gasteiger partial charge in [0, 0.05) is 0 Å². The van der Waals surface area contributed by atoms with Crippen molar-refractivity contribution in [2.45, 2.75) is 45.4 Å². The van der Waals surface area contributed by atoms with Crippen molar-refractivity contribution in [1.82, 2.24) is 0 Å². The van der Waals surface area contributed by atoms with E-state index < -0.39 is 5.97 Å². The molecule has 0 aromatic heterocycles. The van der Waals surface area contributed by atoms with E-state index >= 15 is 0 Å². The Hall–Kier alpha value is -0.570. The van der Waals surface area contributed by atoms with E-state index in [0.29, 0.717) is 12.5 Å². The number of aliphatic carboxylic acids is 1. The minimum atomic E-state index is -0.701. The summed E-state index contributed by atoms with van der Waals surface area (Å²) < 4.78 is 0. The van der Waals surface area contributed by atoms with Crippen molar-refractivity contribution >= 4 is 5.97 Å². The van der Waals surface area contributed by atoms with E-state index in [2.05, 4.69) is 6.92 Å². The second-order valence-electron chi connectivity index (χ2n) is 4.67. The van der Waals surface area contributed by atoms with Gasteiger partial charge in [0.2, 0.25) is 0 Å². The monoisotopic (exact) mass is 199 g/mol. The molecular formula is C11H21NO2. The first-order chi connectivity index (χ1) is 6.62. The summed E-state index contributed by atoms with van der Waals surface area (Å²) in [5.41, 5.74) is 5.62. The summed E-state index contributed by atoms with van der Waals surface area (Å²) in [4.78, 5) is 10.7. The molecule has 0 heterocycles. The normalized spacial score (nSPS) is 32.0. The molecule has 1 aliphatic carbocycles. The number of carboxylic acids is 1. The fourth-order valence-corrected chi connectivity index (χ4v) is 2.72. The smallest absolute Gasteiger partial charge is 0.303 e. The molecule has 3 nitrogen and oxygen atoms in total. The van der Waals surface area contributed by atoms with E-state index in [1.54, 1.807) is 0 Å². The zero-order valence-corrected chi connectivity index (χ0v) is 8.96. The van der Waals surface area contributed by atoms with Crippen molar-refractivity contribution in [2.24, 2.45) is 17.1 Å². The molecule has 0 radical (unpaired) electrons. The van der Waals surface area contributed by atoms with Crippen LogP contribution in [0.5, 0.6) is 0 Å². The summed E-state index contributed by atoms with van der Waals surface area (Å²) in [6.45, 7) is 2.71. The minimum Gasteiger partial charge on any atom is -0.481 e. The Kier molecular flexibility index (Phi) is 3.93. The van der Waals surface area contributed by atoms with Gasteiger partial charge in [0.15, 0.2) is 0 Å². The largest absolute Gasteiger partial charge is 0.481 e. The Morgan fingerprint density at radius 3 is 2.86 bits per heavy atom. The number of rotatable bonds is 5. The van der Waals surface area contributed by atoms with E-state index in [4.69, 9.17) is 10.8 Å². The lowest BCUT2D eigenvalue weighted by Gasteiger charge is -2.25. The molecule has 0 spiro atoms. The summed E-state index contributed by atoms with van der Waals surface area (Å²) >= 11 is 0. The van der Waals surface area contributed by atoms with Crippen molar-refractivity contribution in [1.29, 1.82) is 0 Å². The number of hydrogen-bond acceptors (Lipinski definition) is 2. The van der Waals surface area contributed by atoms with Gasteiger partial charge in [0.1, 0.15) is 0 Å². The van der Waals surface area contributed by atoms with Gasteiger partial charge in [-0.15, -0.1) is 0 Å². The molecule has 0 unspecified atom stereocenters. The number of hydrogen-bond donors (Lipinski definition) is 2. The highest BCUT2D eigenvalue weighted by Crippen LogP contribution is 2.45. The van der Waals surface area contributed by atoms with Gasteiger partial charge in [-0.3, -0.25) is 4.79 Å². The highest BCUT2D eigenvalue weighted by molar-refractivity contribution is 5.67. The van der Waals surface area contributed by atoms with Crippen LogP contribution >= 0.6 is 0 Å². The van der Waals surface area contributed by atoms with Gasteiger partial charge in [-0.1, -0.05) is 19.8 Å².